The molecule has 0 amide bonds. The molecule has 0 spiro atoms. The zero-order valence-electron chi connectivity index (χ0n) is 9.20. The Kier molecular flexibility index (Phi) is 2.88. The summed E-state index contributed by atoms with van der Waals surface area (Å²) in [5.74, 6) is 1.42. The third-order valence-corrected chi connectivity index (χ3v) is 2.67. The normalized spacial score (nSPS) is 11.0. The Bertz CT molecular complexity index is 505. The molecular formula is C12H13ClN2O. The Morgan fingerprint density at radius 3 is 2.62 bits per heavy atom. The summed E-state index contributed by atoms with van der Waals surface area (Å²) in [5.41, 5.74) is 7.66. The maximum Gasteiger partial charge on any atom is 0.169 e. The maximum absolute atomic E-state index is 5.98. The lowest BCUT2D eigenvalue weighted by molar-refractivity contribution is 0.435. The van der Waals surface area contributed by atoms with Crippen LogP contribution >= 0.6 is 11.6 Å². The number of benzene rings is 1. The van der Waals surface area contributed by atoms with Crippen LogP contribution in [-0.2, 0) is 0 Å². The smallest absolute Gasteiger partial charge is 0.169 e. The Morgan fingerprint density at radius 1 is 1.31 bits per heavy atom. The Hall–Kier alpha value is -1.48. The molecule has 2 rings (SSSR count). The fraction of sp³-hybridized carbons (Fsp3) is 0.250. The SMILES string of the molecule is CC(C)c1ccc(Cl)cc1-c1cc(N)no1. The van der Waals surface area contributed by atoms with Gasteiger partial charge in [-0.2, -0.15) is 0 Å². The number of rotatable bonds is 2. The van der Waals surface area contributed by atoms with E-state index in [4.69, 9.17) is 21.9 Å². The highest BCUT2D eigenvalue weighted by Gasteiger charge is 2.13. The van der Waals surface area contributed by atoms with E-state index in [0.29, 0.717) is 22.5 Å². The highest BCUT2D eigenvalue weighted by molar-refractivity contribution is 6.30. The number of nitrogen functional groups attached to an aromatic ring is 1. The van der Waals surface area contributed by atoms with Gasteiger partial charge in [-0.05, 0) is 23.6 Å². The molecule has 1 heterocycles. The number of nitrogens with zero attached hydrogens (tertiary/aromatic N) is 1. The van der Waals surface area contributed by atoms with E-state index in [1.807, 2.05) is 18.2 Å². The molecule has 4 heteroatoms. The minimum atomic E-state index is 0.379. The lowest BCUT2D eigenvalue weighted by atomic mass is 9.96. The maximum atomic E-state index is 5.98. The van der Waals surface area contributed by atoms with E-state index in [1.165, 1.54) is 5.56 Å². The number of nitrogens with two attached hydrogens (primary N) is 1. The largest absolute Gasteiger partial charge is 0.381 e. The van der Waals surface area contributed by atoms with Crippen LogP contribution in [0.3, 0.4) is 0 Å². The summed E-state index contributed by atoms with van der Waals surface area (Å²) in [6.07, 6.45) is 0. The van der Waals surface area contributed by atoms with Crippen molar-refractivity contribution >= 4 is 17.4 Å². The van der Waals surface area contributed by atoms with Crippen molar-refractivity contribution in [2.45, 2.75) is 19.8 Å². The molecule has 84 valence electrons. The van der Waals surface area contributed by atoms with Crippen molar-refractivity contribution in [1.29, 1.82) is 0 Å². The zero-order chi connectivity index (χ0) is 11.7. The molecule has 0 unspecified atom stereocenters. The number of aromatic nitrogens is 1. The Balaban J connectivity index is 2.57. The van der Waals surface area contributed by atoms with Crippen molar-refractivity contribution in [2.75, 3.05) is 5.73 Å². The molecule has 0 saturated carbocycles. The number of hydrogen-bond acceptors (Lipinski definition) is 3. The van der Waals surface area contributed by atoms with Crippen molar-refractivity contribution in [3.63, 3.8) is 0 Å². The van der Waals surface area contributed by atoms with Gasteiger partial charge in [0.2, 0.25) is 0 Å². The van der Waals surface area contributed by atoms with Crippen LogP contribution in [-0.4, -0.2) is 5.16 Å². The molecule has 0 fully saturated rings. The topological polar surface area (TPSA) is 52.0 Å². The van der Waals surface area contributed by atoms with Gasteiger partial charge >= 0.3 is 0 Å². The van der Waals surface area contributed by atoms with Crippen LogP contribution in [0.4, 0.5) is 5.82 Å². The molecule has 1 aromatic carbocycles. The third-order valence-electron chi connectivity index (χ3n) is 2.43. The van der Waals surface area contributed by atoms with Crippen LogP contribution in [0.5, 0.6) is 0 Å². The van der Waals surface area contributed by atoms with Gasteiger partial charge in [0, 0.05) is 16.7 Å². The van der Waals surface area contributed by atoms with E-state index < -0.39 is 0 Å². The van der Waals surface area contributed by atoms with Crippen LogP contribution < -0.4 is 5.73 Å². The minimum absolute atomic E-state index is 0.379. The van der Waals surface area contributed by atoms with E-state index in [1.54, 1.807) is 6.07 Å². The lowest BCUT2D eigenvalue weighted by Crippen LogP contribution is -1.91. The zero-order valence-corrected chi connectivity index (χ0v) is 9.95. The molecule has 0 aliphatic carbocycles. The molecule has 0 radical (unpaired) electrons. The van der Waals surface area contributed by atoms with Gasteiger partial charge in [-0.1, -0.05) is 36.7 Å². The second-order valence-electron chi connectivity index (χ2n) is 4.00. The van der Waals surface area contributed by atoms with Gasteiger partial charge in [-0.25, -0.2) is 0 Å². The van der Waals surface area contributed by atoms with Crippen molar-refractivity contribution in [3.8, 4) is 11.3 Å². The highest BCUT2D eigenvalue weighted by atomic mass is 35.5. The first-order chi connectivity index (χ1) is 7.58. The summed E-state index contributed by atoms with van der Waals surface area (Å²) in [5, 5.41) is 4.36. The van der Waals surface area contributed by atoms with Gasteiger partial charge in [-0.15, -0.1) is 0 Å². The van der Waals surface area contributed by atoms with Gasteiger partial charge in [0.25, 0.3) is 0 Å². The predicted octanol–water partition coefficient (Wildman–Crippen LogP) is 3.70. The summed E-state index contributed by atoms with van der Waals surface area (Å²) in [6.45, 7) is 4.24. The van der Waals surface area contributed by atoms with Crippen LogP contribution in [0.25, 0.3) is 11.3 Å². The highest BCUT2D eigenvalue weighted by Crippen LogP contribution is 2.32. The first-order valence-corrected chi connectivity index (χ1v) is 5.47. The molecule has 2 aromatic rings. The summed E-state index contributed by atoms with van der Waals surface area (Å²) in [7, 11) is 0. The number of hydrogen-bond donors (Lipinski definition) is 1. The quantitative estimate of drug-likeness (QED) is 0.865. The fourth-order valence-electron chi connectivity index (χ4n) is 1.66. The predicted molar refractivity (Wildman–Crippen MR) is 65.5 cm³/mol. The lowest BCUT2D eigenvalue weighted by Gasteiger charge is -2.10. The second-order valence-corrected chi connectivity index (χ2v) is 4.44. The molecule has 0 aliphatic rings. The van der Waals surface area contributed by atoms with Crippen LogP contribution in [0.2, 0.25) is 5.02 Å². The van der Waals surface area contributed by atoms with Gasteiger partial charge in [0.1, 0.15) is 0 Å². The molecule has 0 aliphatic heterocycles. The van der Waals surface area contributed by atoms with Crippen molar-refractivity contribution in [3.05, 3.63) is 34.9 Å². The number of halogens is 1. The summed E-state index contributed by atoms with van der Waals surface area (Å²) < 4.78 is 5.16. The van der Waals surface area contributed by atoms with Crippen molar-refractivity contribution in [2.24, 2.45) is 0 Å². The molecule has 0 saturated heterocycles. The molecule has 16 heavy (non-hydrogen) atoms. The molecular weight excluding hydrogens is 224 g/mol. The van der Waals surface area contributed by atoms with Gasteiger partial charge in [0.05, 0.1) is 0 Å². The van der Waals surface area contributed by atoms with E-state index in [9.17, 15) is 0 Å². The molecule has 0 atom stereocenters. The minimum Gasteiger partial charge on any atom is -0.381 e. The van der Waals surface area contributed by atoms with E-state index >= 15 is 0 Å². The fourth-order valence-corrected chi connectivity index (χ4v) is 1.83. The standard InChI is InChI=1S/C12H13ClN2O/c1-7(2)9-4-3-8(13)5-10(9)11-6-12(14)15-16-11/h3-7H,1-2H3,(H2,14,15). The van der Waals surface area contributed by atoms with E-state index in [-0.39, 0.29) is 0 Å². The number of anilines is 1. The van der Waals surface area contributed by atoms with E-state index in [0.717, 1.165) is 5.56 Å². The second kappa shape index (κ2) is 4.18. The Labute approximate surface area is 99.2 Å². The molecule has 1 aromatic heterocycles. The van der Waals surface area contributed by atoms with Crippen LogP contribution in [0, 0.1) is 0 Å². The Morgan fingerprint density at radius 2 is 2.06 bits per heavy atom. The summed E-state index contributed by atoms with van der Waals surface area (Å²) >= 11 is 5.98. The van der Waals surface area contributed by atoms with Crippen molar-refractivity contribution < 1.29 is 4.52 Å². The molecule has 0 bridgehead atoms. The summed E-state index contributed by atoms with van der Waals surface area (Å²) in [4.78, 5) is 0. The molecule has 2 N–H and O–H groups in total. The third kappa shape index (κ3) is 2.04. The van der Waals surface area contributed by atoms with Crippen LogP contribution in [0.1, 0.15) is 25.3 Å². The average molecular weight is 237 g/mol. The first-order valence-electron chi connectivity index (χ1n) is 5.10. The van der Waals surface area contributed by atoms with E-state index in [2.05, 4.69) is 19.0 Å². The van der Waals surface area contributed by atoms with Gasteiger partial charge < -0.3 is 10.3 Å². The van der Waals surface area contributed by atoms with Crippen LogP contribution in [0.15, 0.2) is 28.8 Å². The van der Waals surface area contributed by atoms with Gasteiger partial charge in [0.15, 0.2) is 11.6 Å². The van der Waals surface area contributed by atoms with Crippen molar-refractivity contribution in [1.82, 2.24) is 5.16 Å². The first kappa shape index (κ1) is 11.0. The van der Waals surface area contributed by atoms with Gasteiger partial charge in [-0.3, -0.25) is 0 Å². The summed E-state index contributed by atoms with van der Waals surface area (Å²) in [6, 6.07) is 7.45. The monoisotopic (exact) mass is 236 g/mol. The molecule has 3 nitrogen and oxygen atoms in total. The average Bonchev–Trinajstić information content (AvgIpc) is 2.64.